The van der Waals surface area contributed by atoms with Crippen LogP contribution in [0.2, 0.25) is 0 Å². The third kappa shape index (κ3) is 6.21. The van der Waals surface area contributed by atoms with E-state index in [-0.39, 0.29) is 51.4 Å². The predicted molar refractivity (Wildman–Crippen MR) is 150 cm³/mol. The molecule has 10 N–H and O–H groups in total. The van der Waals surface area contributed by atoms with E-state index in [1.165, 1.54) is 38.5 Å². The second-order valence-electron chi connectivity index (χ2n) is 10.8. The molecular weight excluding hydrogens is 620 g/mol. The maximum atomic E-state index is 10.7. The largest absolute Gasteiger partial charge is 0.508 e. The molecule has 46 heavy (non-hydrogen) atoms. The van der Waals surface area contributed by atoms with Crippen molar-refractivity contribution in [2.75, 3.05) is 27.4 Å². The molecule has 2 fully saturated rings. The zero-order chi connectivity index (χ0) is 33.4. The van der Waals surface area contributed by atoms with Crippen molar-refractivity contribution >= 4 is 6.08 Å². The number of hydrogen-bond acceptors (Lipinski definition) is 17. The van der Waals surface area contributed by atoms with Crippen LogP contribution in [0.3, 0.4) is 0 Å². The number of phenolic OH excluding ortho intramolecular Hbond substituents is 2. The van der Waals surface area contributed by atoms with Crippen LogP contribution in [0.1, 0.15) is 17.2 Å². The lowest BCUT2D eigenvalue weighted by molar-refractivity contribution is -0.293. The summed E-state index contributed by atoms with van der Waals surface area (Å²) in [6, 6.07) is 5.13. The summed E-state index contributed by atoms with van der Waals surface area (Å²) in [5.41, 5.74) is 0.330. The summed E-state index contributed by atoms with van der Waals surface area (Å²) in [5.74, 6) is -1.05. The highest BCUT2D eigenvalue weighted by Gasteiger charge is 2.47. The second kappa shape index (κ2) is 13.6. The van der Waals surface area contributed by atoms with Gasteiger partial charge in [0.15, 0.2) is 17.6 Å². The molecule has 3 aliphatic heterocycles. The van der Waals surface area contributed by atoms with Crippen LogP contribution >= 0.6 is 0 Å². The lowest BCUT2D eigenvalue weighted by Crippen LogP contribution is -2.60. The Morgan fingerprint density at radius 1 is 0.652 bits per heavy atom. The van der Waals surface area contributed by atoms with Gasteiger partial charge in [0, 0.05) is 17.7 Å². The van der Waals surface area contributed by atoms with Crippen molar-refractivity contribution in [2.45, 2.75) is 67.5 Å². The zero-order valence-electron chi connectivity index (χ0n) is 24.5. The molecule has 0 aromatic heterocycles. The van der Waals surface area contributed by atoms with Crippen molar-refractivity contribution in [1.29, 1.82) is 0 Å². The molecule has 3 heterocycles. The second-order valence-corrected chi connectivity index (χ2v) is 10.8. The van der Waals surface area contributed by atoms with E-state index in [0.717, 1.165) is 6.07 Å². The van der Waals surface area contributed by atoms with Gasteiger partial charge in [-0.1, -0.05) is 0 Å². The quantitative estimate of drug-likeness (QED) is 0.135. The number of rotatable bonds is 9. The van der Waals surface area contributed by atoms with Gasteiger partial charge < -0.3 is 84.2 Å². The summed E-state index contributed by atoms with van der Waals surface area (Å²) >= 11 is 0. The molecule has 17 heteroatoms. The van der Waals surface area contributed by atoms with Gasteiger partial charge in [-0.05, 0) is 18.2 Å². The van der Waals surface area contributed by atoms with E-state index >= 15 is 0 Å². The lowest BCUT2D eigenvalue weighted by atomic mass is 9.98. The van der Waals surface area contributed by atoms with Crippen LogP contribution in [0.5, 0.6) is 34.5 Å². The van der Waals surface area contributed by atoms with Crippen molar-refractivity contribution in [2.24, 2.45) is 0 Å². The van der Waals surface area contributed by atoms with Crippen LogP contribution in [-0.2, 0) is 14.2 Å². The first kappa shape index (κ1) is 33.7. The Morgan fingerprint density at radius 3 is 1.67 bits per heavy atom. The molecule has 2 aromatic rings. The number of aromatic hydroxyl groups is 2. The van der Waals surface area contributed by atoms with Crippen LogP contribution in [0.15, 0.2) is 30.0 Å². The van der Waals surface area contributed by atoms with Gasteiger partial charge in [-0.25, -0.2) is 0 Å². The minimum atomic E-state index is -1.81. The number of benzene rings is 2. The number of fused-ring (bicyclic) bond motifs is 1. The average molecular weight is 657 g/mol. The van der Waals surface area contributed by atoms with Gasteiger partial charge in [0.1, 0.15) is 71.8 Å². The number of aliphatic hydroxyl groups is 8. The van der Waals surface area contributed by atoms with E-state index in [2.05, 4.69) is 0 Å². The van der Waals surface area contributed by atoms with Gasteiger partial charge in [0.05, 0.1) is 33.0 Å². The van der Waals surface area contributed by atoms with Crippen molar-refractivity contribution in [3.05, 3.63) is 41.2 Å². The highest BCUT2D eigenvalue weighted by atomic mass is 16.7. The molecule has 254 valence electrons. The van der Waals surface area contributed by atoms with Crippen molar-refractivity contribution < 1.29 is 84.2 Å². The Bertz CT molecular complexity index is 1390. The summed E-state index contributed by atoms with van der Waals surface area (Å²) in [7, 11) is 2.61. The fourth-order valence-corrected chi connectivity index (χ4v) is 5.31. The summed E-state index contributed by atoms with van der Waals surface area (Å²) in [6.07, 6.45) is -16.3. The monoisotopic (exact) mass is 656 g/mol. The summed E-state index contributed by atoms with van der Waals surface area (Å²) in [5, 5.41) is 102. The fraction of sp³-hybridized carbons (Fsp3) is 0.517. The van der Waals surface area contributed by atoms with Gasteiger partial charge in [-0.3, -0.25) is 0 Å². The van der Waals surface area contributed by atoms with E-state index in [9.17, 15) is 51.1 Å². The van der Waals surface area contributed by atoms with Gasteiger partial charge in [-0.2, -0.15) is 0 Å². The summed E-state index contributed by atoms with van der Waals surface area (Å²) < 4.78 is 39.5. The standard InChI is InChI=1S/C29H36O17/c1-40-15-3-10(4-16(41-2)20(15)33)27-17(44-29-26(39)24(37)22(35)19(9-31)46-29)7-12-13(42-27)5-11(32)6-14(12)43-28-25(38)23(36)21(34)18(8-30)45-28/h3-7,18-19,21-39H,8-9H2,1-2H3/t18-,19-,21+,22+,23+,24+,25-,26+,27?,28+,29-/m0/s1. The van der Waals surface area contributed by atoms with E-state index in [1.54, 1.807) is 0 Å². The maximum Gasteiger partial charge on any atom is 0.229 e. The minimum absolute atomic E-state index is 0.0153. The van der Waals surface area contributed by atoms with E-state index in [0.29, 0.717) is 0 Å². The highest BCUT2D eigenvalue weighted by molar-refractivity contribution is 5.70. The van der Waals surface area contributed by atoms with Crippen LogP contribution in [0.25, 0.3) is 6.08 Å². The number of ether oxygens (including phenoxy) is 7. The first-order chi connectivity index (χ1) is 21.9. The minimum Gasteiger partial charge on any atom is -0.508 e. The molecule has 0 saturated carbocycles. The van der Waals surface area contributed by atoms with E-state index < -0.39 is 80.7 Å². The Morgan fingerprint density at radius 2 is 1.17 bits per heavy atom. The topological polar surface area (TPSA) is 267 Å². The van der Waals surface area contributed by atoms with Gasteiger partial charge in [0.25, 0.3) is 0 Å². The van der Waals surface area contributed by atoms with Crippen LogP contribution in [0, 0.1) is 0 Å². The van der Waals surface area contributed by atoms with Crippen molar-refractivity contribution in [3.63, 3.8) is 0 Å². The lowest BCUT2D eigenvalue weighted by Gasteiger charge is -2.41. The number of methoxy groups -OCH3 is 2. The smallest absolute Gasteiger partial charge is 0.229 e. The normalized spacial score (nSPS) is 34.1. The molecule has 1 unspecified atom stereocenters. The predicted octanol–water partition coefficient (Wildman–Crippen LogP) is -2.42. The third-order valence-electron chi connectivity index (χ3n) is 7.88. The molecule has 0 amide bonds. The molecule has 0 spiro atoms. The molecule has 2 aromatic carbocycles. The molecular formula is C29H36O17. The molecule has 2 saturated heterocycles. The Balaban J connectivity index is 1.59. The third-order valence-corrected chi connectivity index (χ3v) is 7.88. The Hall–Kier alpha value is -3.62. The molecule has 0 bridgehead atoms. The van der Waals surface area contributed by atoms with Gasteiger partial charge in [0.2, 0.25) is 18.3 Å². The first-order valence-corrected chi connectivity index (χ1v) is 14.1. The van der Waals surface area contributed by atoms with Crippen LogP contribution in [-0.4, -0.2) is 140 Å². The number of phenols is 2. The van der Waals surface area contributed by atoms with Crippen LogP contribution < -0.4 is 18.9 Å². The Kier molecular flexibility index (Phi) is 9.99. The van der Waals surface area contributed by atoms with E-state index in [4.69, 9.17) is 33.2 Å². The SMILES string of the molecule is COc1cc(C2Oc3cc(O)cc(O[C@@H]4O[C@@H](CO)[C@@H](O)[C@@H](O)[C@@H]4O)c3C=C2O[C@H]2O[C@@H](CO)[C@@H](O)[C@@H](O)[C@H]2O)cc(OC)c1O. The molecule has 5 rings (SSSR count). The highest BCUT2D eigenvalue weighted by Crippen LogP contribution is 2.48. The maximum absolute atomic E-state index is 10.7. The average Bonchev–Trinajstić information content (AvgIpc) is 3.05. The molecule has 11 atom stereocenters. The van der Waals surface area contributed by atoms with Crippen LogP contribution in [0.4, 0.5) is 0 Å². The molecule has 0 aliphatic carbocycles. The summed E-state index contributed by atoms with van der Waals surface area (Å²) in [4.78, 5) is 0. The van der Waals surface area contributed by atoms with Crippen molar-refractivity contribution in [3.8, 4) is 34.5 Å². The van der Waals surface area contributed by atoms with Crippen molar-refractivity contribution in [1.82, 2.24) is 0 Å². The zero-order valence-corrected chi connectivity index (χ0v) is 24.5. The van der Waals surface area contributed by atoms with E-state index in [1.807, 2.05) is 0 Å². The fourth-order valence-electron chi connectivity index (χ4n) is 5.31. The first-order valence-electron chi connectivity index (χ1n) is 14.1. The molecule has 3 aliphatic rings. The van der Waals surface area contributed by atoms with Gasteiger partial charge in [-0.15, -0.1) is 0 Å². The van der Waals surface area contributed by atoms with Gasteiger partial charge >= 0.3 is 0 Å². The number of hydrogen-bond donors (Lipinski definition) is 10. The summed E-state index contributed by atoms with van der Waals surface area (Å²) in [6.45, 7) is -1.44. The Labute approximate surface area is 261 Å². The molecule has 0 radical (unpaired) electrons. The molecule has 17 nitrogen and oxygen atoms in total. The number of aliphatic hydroxyl groups excluding tert-OH is 8.